The summed E-state index contributed by atoms with van der Waals surface area (Å²) in [5.41, 5.74) is 2.53. The number of hydrogen-bond acceptors (Lipinski definition) is 2. The van der Waals surface area contributed by atoms with E-state index in [-0.39, 0.29) is 18.6 Å². The molecule has 1 aromatic rings. The van der Waals surface area contributed by atoms with Crippen molar-refractivity contribution in [2.45, 2.75) is 26.3 Å². The van der Waals surface area contributed by atoms with Crippen molar-refractivity contribution in [3.8, 4) is 0 Å². The molecule has 0 aliphatic carbocycles. The Labute approximate surface area is 96.8 Å². The fraction of sp³-hybridized carbons (Fsp3) is 0.462. The summed E-state index contributed by atoms with van der Waals surface area (Å²) in [5.74, 6) is -0.0661. The zero-order valence-corrected chi connectivity index (χ0v) is 10.1. The highest BCUT2D eigenvalue weighted by Crippen LogP contribution is 2.09. The predicted octanol–water partition coefficient (Wildman–Crippen LogP) is 1.69. The van der Waals surface area contributed by atoms with Crippen LogP contribution in [0.2, 0.25) is 0 Å². The predicted molar refractivity (Wildman–Crippen MR) is 64.4 cm³/mol. The van der Waals surface area contributed by atoms with Crippen LogP contribution in [-0.4, -0.2) is 25.7 Å². The van der Waals surface area contributed by atoms with E-state index in [0.29, 0.717) is 0 Å². The van der Waals surface area contributed by atoms with Gasteiger partial charge in [0.25, 0.3) is 0 Å². The van der Waals surface area contributed by atoms with E-state index in [4.69, 9.17) is 4.74 Å². The van der Waals surface area contributed by atoms with Crippen LogP contribution in [-0.2, 0) is 16.0 Å². The number of rotatable bonds is 5. The van der Waals surface area contributed by atoms with Gasteiger partial charge in [-0.15, -0.1) is 0 Å². The second-order valence-electron chi connectivity index (χ2n) is 4.03. The van der Waals surface area contributed by atoms with Crippen LogP contribution in [0.1, 0.15) is 18.1 Å². The topological polar surface area (TPSA) is 38.3 Å². The molecule has 16 heavy (non-hydrogen) atoms. The molecule has 3 nitrogen and oxygen atoms in total. The molecule has 0 fully saturated rings. The van der Waals surface area contributed by atoms with E-state index < -0.39 is 0 Å². The first kappa shape index (κ1) is 12.7. The van der Waals surface area contributed by atoms with Crippen molar-refractivity contribution >= 4 is 5.91 Å². The summed E-state index contributed by atoms with van der Waals surface area (Å²) < 4.78 is 4.77. The van der Waals surface area contributed by atoms with Gasteiger partial charge in [-0.3, -0.25) is 4.79 Å². The summed E-state index contributed by atoms with van der Waals surface area (Å²) in [6.45, 7) is 4.21. The molecule has 0 aliphatic heterocycles. The van der Waals surface area contributed by atoms with E-state index in [1.165, 1.54) is 18.2 Å². The number of nitrogens with one attached hydrogen (secondary N) is 1. The molecule has 0 aromatic heterocycles. The van der Waals surface area contributed by atoms with Crippen LogP contribution in [0.25, 0.3) is 0 Å². The van der Waals surface area contributed by atoms with Crippen molar-refractivity contribution in [3.05, 3.63) is 35.4 Å². The van der Waals surface area contributed by atoms with Gasteiger partial charge in [-0.25, -0.2) is 0 Å². The van der Waals surface area contributed by atoms with E-state index >= 15 is 0 Å². The molecular formula is C13H19NO2. The molecule has 0 bridgehead atoms. The van der Waals surface area contributed by atoms with Crippen molar-refractivity contribution in [3.63, 3.8) is 0 Å². The average Bonchev–Trinajstić information content (AvgIpc) is 2.21. The molecule has 1 rings (SSSR count). The molecule has 0 radical (unpaired) electrons. The quantitative estimate of drug-likeness (QED) is 0.821. The van der Waals surface area contributed by atoms with Crippen molar-refractivity contribution in [2.24, 2.45) is 0 Å². The highest BCUT2D eigenvalue weighted by Gasteiger charge is 2.08. The number of carbonyl (C=O) groups excluding carboxylic acids is 1. The smallest absolute Gasteiger partial charge is 0.246 e. The first-order chi connectivity index (χ1) is 7.63. The summed E-state index contributed by atoms with van der Waals surface area (Å²) in [6.07, 6.45) is 0.849. The lowest BCUT2D eigenvalue weighted by Gasteiger charge is -2.15. The van der Waals surface area contributed by atoms with Crippen LogP contribution in [0.5, 0.6) is 0 Å². The van der Waals surface area contributed by atoms with E-state index in [2.05, 4.69) is 24.4 Å². The van der Waals surface area contributed by atoms with Crippen LogP contribution < -0.4 is 5.32 Å². The minimum atomic E-state index is -0.0661. The minimum absolute atomic E-state index is 0.0661. The lowest BCUT2D eigenvalue weighted by atomic mass is 10.0. The van der Waals surface area contributed by atoms with Gasteiger partial charge in [-0.1, -0.05) is 24.3 Å². The summed E-state index contributed by atoms with van der Waals surface area (Å²) in [7, 11) is 1.52. The van der Waals surface area contributed by atoms with E-state index in [1.807, 2.05) is 19.1 Å². The molecule has 1 N–H and O–H groups in total. The molecule has 0 saturated carbocycles. The third kappa shape index (κ3) is 4.03. The standard InChI is InChI=1S/C13H19NO2/c1-10-6-4-5-7-12(10)8-11(2)14-13(15)9-16-3/h4-7,11H,8-9H2,1-3H3,(H,14,15)/t11-/m0/s1. The van der Waals surface area contributed by atoms with Crippen LogP contribution in [0.4, 0.5) is 0 Å². The number of carbonyl (C=O) groups is 1. The van der Waals surface area contributed by atoms with Gasteiger partial charge in [0, 0.05) is 13.2 Å². The third-order valence-corrected chi connectivity index (χ3v) is 2.47. The molecule has 0 unspecified atom stereocenters. The number of aryl methyl sites for hydroxylation is 1. The molecule has 0 spiro atoms. The van der Waals surface area contributed by atoms with Crippen LogP contribution >= 0.6 is 0 Å². The molecule has 88 valence electrons. The largest absolute Gasteiger partial charge is 0.375 e. The molecule has 0 saturated heterocycles. The maximum absolute atomic E-state index is 11.3. The second-order valence-corrected chi connectivity index (χ2v) is 4.03. The van der Waals surface area contributed by atoms with Gasteiger partial charge in [0.1, 0.15) is 6.61 Å². The number of benzene rings is 1. The van der Waals surface area contributed by atoms with Gasteiger partial charge in [0.05, 0.1) is 0 Å². The lowest BCUT2D eigenvalue weighted by molar-refractivity contribution is -0.125. The average molecular weight is 221 g/mol. The van der Waals surface area contributed by atoms with Crippen molar-refractivity contribution < 1.29 is 9.53 Å². The Morgan fingerprint density at radius 1 is 1.44 bits per heavy atom. The van der Waals surface area contributed by atoms with Gasteiger partial charge in [-0.05, 0) is 31.4 Å². The zero-order chi connectivity index (χ0) is 12.0. The van der Waals surface area contributed by atoms with Gasteiger partial charge in [0.15, 0.2) is 0 Å². The summed E-state index contributed by atoms with van der Waals surface area (Å²) in [4.78, 5) is 11.3. The fourth-order valence-corrected chi connectivity index (χ4v) is 1.67. The second kappa shape index (κ2) is 6.28. The fourth-order valence-electron chi connectivity index (χ4n) is 1.67. The summed E-state index contributed by atoms with van der Waals surface area (Å²) in [6, 6.07) is 8.34. The molecule has 1 aromatic carbocycles. The van der Waals surface area contributed by atoms with Crippen molar-refractivity contribution in [1.29, 1.82) is 0 Å². The van der Waals surface area contributed by atoms with Gasteiger partial charge >= 0.3 is 0 Å². The normalized spacial score (nSPS) is 12.2. The summed E-state index contributed by atoms with van der Waals surface area (Å²) >= 11 is 0. The van der Waals surface area contributed by atoms with Gasteiger partial charge in [0.2, 0.25) is 5.91 Å². The first-order valence-electron chi connectivity index (χ1n) is 5.46. The Balaban J connectivity index is 2.48. The highest BCUT2D eigenvalue weighted by molar-refractivity contribution is 5.77. The molecule has 1 amide bonds. The maximum Gasteiger partial charge on any atom is 0.246 e. The van der Waals surface area contributed by atoms with Gasteiger partial charge in [-0.2, -0.15) is 0 Å². The monoisotopic (exact) mass is 221 g/mol. The van der Waals surface area contributed by atoms with Crippen LogP contribution in [0, 0.1) is 6.92 Å². The third-order valence-electron chi connectivity index (χ3n) is 2.47. The van der Waals surface area contributed by atoms with Crippen LogP contribution in [0.3, 0.4) is 0 Å². The summed E-state index contributed by atoms with van der Waals surface area (Å²) in [5, 5.41) is 2.89. The highest BCUT2D eigenvalue weighted by atomic mass is 16.5. The number of methoxy groups -OCH3 is 1. The van der Waals surface area contributed by atoms with Crippen molar-refractivity contribution in [2.75, 3.05) is 13.7 Å². The Morgan fingerprint density at radius 3 is 2.75 bits per heavy atom. The molecule has 3 heteroatoms. The number of ether oxygens (including phenoxy) is 1. The minimum Gasteiger partial charge on any atom is -0.375 e. The molecule has 1 atom stereocenters. The first-order valence-corrected chi connectivity index (χ1v) is 5.46. The van der Waals surface area contributed by atoms with Crippen molar-refractivity contribution in [1.82, 2.24) is 5.32 Å². The van der Waals surface area contributed by atoms with E-state index in [1.54, 1.807) is 0 Å². The van der Waals surface area contributed by atoms with Crippen LogP contribution in [0.15, 0.2) is 24.3 Å². The Morgan fingerprint density at radius 2 is 2.12 bits per heavy atom. The van der Waals surface area contributed by atoms with E-state index in [0.717, 1.165) is 6.42 Å². The SMILES string of the molecule is COCC(=O)N[C@@H](C)Cc1ccccc1C. The van der Waals surface area contributed by atoms with Gasteiger partial charge < -0.3 is 10.1 Å². The number of amides is 1. The molecular weight excluding hydrogens is 202 g/mol. The Hall–Kier alpha value is -1.35. The zero-order valence-electron chi connectivity index (χ0n) is 10.1. The van der Waals surface area contributed by atoms with E-state index in [9.17, 15) is 4.79 Å². The Kier molecular flexibility index (Phi) is 4.99. The lowest BCUT2D eigenvalue weighted by Crippen LogP contribution is -2.36. The Bertz CT molecular complexity index is 350. The molecule has 0 heterocycles. The molecule has 0 aliphatic rings. The number of hydrogen-bond donors (Lipinski definition) is 1. The maximum atomic E-state index is 11.3.